The average molecular weight is 277 g/mol. The minimum absolute atomic E-state index is 0.0409. The Bertz CT molecular complexity index is 542. The quantitative estimate of drug-likeness (QED) is 0.829. The highest BCUT2D eigenvalue weighted by molar-refractivity contribution is 6.18. The number of hydrogen-bond donors (Lipinski definition) is 2. The second-order valence-corrected chi connectivity index (χ2v) is 5.00. The van der Waals surface area contributed by atoms with E-state index in [-0.39, 0.29) is 17.4 Å². The van der Waals surface area contributed by atoms with Gasteiger partial charge in [-0.15, -0.1) is 11.6 Å². The van der Waals surface area contributed by atoms with Gasteiger partial charge in [-0.1, -0.05) is 24.3 Å². The highest BCUT2D eigenvalue weighted by Gasteiger charge is 2.19. The number of rotatable bonds is 3. The van der Waals surface area contributed by atoms with Crippen molar-refractivity contribution in [3.8, 4) is 11.5 Å². The van der Waals surface area contributed by atoms with Gasteiger partial charge in [-0.3, -0.25) is 0 Å². The lowest BCUT2D eigenvalue weighted by Crippen LogP contribution is -2.07. The lowest BCUT2D eigenvalue weighted by Gasteiger charge is -2.20. The number of alkyl halides is 1. The van der Waals surface area contributed by atoms with Crippen LogP contribution in [0.3, 0.4) is 0 Å². The van der Waals surface area contributed by atoms with Gasteiger partial charge in [-0.25, -0.2) is 0 Å². The highest BCUT2D eigenvalue weighted by Crippen LogP contribution is 2.35. The normalized spacial score (nSPS) is 10.9. The fourth-order valence-corrected chi connectivity index (χ4v) is 2.70. The molecule has 0 radical (unpaired) electrons. The van der Waals surface area contributed by atoms with Crippen molar-refractivity contribution < 1.29 is 10.2 Å². The smallest absolute Gasteiger partial charge is 0.118 e. The zero-order valence-corrected chi connectivity index (χ0v) is 11.8. The predicted octanol–water partition coefficient (Wildman–Crippen LogP) is 4.09. The van der Waals surface area contributed by atoms with Gasteiger partial charge in [0.25, 0.3) is 0 Å². The summed E-state index contributed by atoms with van der Waals surface area (Å²) in [4.78, 5) is 0. The molecule has 0 heterocycles. The van der Waals surface area contributed by atoms with E-state index in [0.717, 1.165) is 22.3 Å². The maximum Gasteiger partial charge on any atom is 0.118 e. The third-order valence-electron chi connectivity index (χ3n) is 3.60. The molecule has 2 N–H and O–H groups in total. The van der Waals surface area contributed by atoms with Crippen LogP contribution in [0.4, 0.5) is 0 Å². The van der Waals surface area contributed by atoms with Gasteiger partial charge in [0.05, 0.1) is 0 Å². The number of phenols is 2. The van der Waals surface area contributed by atoms with Crippen LogP contribution in [0.5, 0.6) is 11.5 Å². The first-order chi connectivity index (χ1) is 9.06. The van der Waals surface area contributed by atoms with Crippen LogP contribution in [-0.4, -0.2) is 16.1 Å². The molecule has 0 amide bonds. The maximum absolute atomic E-state index is 9.82. The third-order valence-corrected chi connectivity index (χ3v) is 3.91. The van der Waals surface area contributed by atoms with Crippen molar-refractivity contribution in [1.82, 2.24) is 0 Å². The molecule has 0 unspecified atom stereocenters. The summed E-state index contributed by atoms with van der Waals surface area (Å²) >= 11 is 6.12. The zero-order valence-electron chi connectivity index (χ0n) is 11.0. The monoisotopic (exact) mass is 276 g/mol. The van der Waals surface area contributed by atoms with Crippen LogP contribution >= 0.6 is 11.6 Å². The Morgan fingerprint density at radius 3 is 1.68 bits per heavy atom. The molecule has 0 bridgehead atoms. The Hall–Kier alpha value is -1.67. The van der Waals surface area contributed by atoms with Crippen LogP contribution in [0.1, 0.15) is 28.2 Å². The fourth-order valence-electron chi connectivity index (χ4n) is 2.37. The molecule has 0 fully saturated rings. The van der Waals surface area contributed by atoms with Gasteiger partial charge < -0.3 is 10.2 Å². The fraction of sp³-hybridized carbons (Fsp3) is 0.250. The van der Waals surface area contributed by atoms with E-state index in [2.05, 4.69) is 0 Å². The summed E-state index contributed by atoms with van der Waals surface area (Å²) in [5.74, 6) is 0.894. The number of benzene rings is 2. The van der Waals surface area contributed by atoms with Gasteiger partial charge in [0, 0.05) is 11.8 Å². The minimum Gasteiger partial charge on any atom is -0.508 e. The number of hydrogen-bond acceptors (Lipinski definition) is 2. The Balaban J connectivity index is 2.57. The lowest BCUT2D eigenvalue weighted by atomic mass is 9.87. The number of halogens is 1. The van der Waals surface area contributed by atoms with Crippen molar-refractivity contribution in [2.24, 2.45) is 0 Å². The summed E-state index contributed by atoms with van der Waals surface area (Å²) < 4.78 is 0. The number of phenolic OH excluding ortho intramolecular Hbond substituents is 2. The molecule has 0 atom stereocenters. The Labute approximate surface area is 118 Å². The first-order valence-electron chi connectivity index (χ1n) is 6.19. The second-order valence-electron chi connectivity index (χ2n) is 4.69. The van der Waals surface area contributed by atoms with E-state index in [1.807, 2.05) is 38.1 Å². The first kappa shape index (κ1) is 13.8. The van der Waals surface area contributed by atoms with Crippen LogP contribution < -0.4 is 0 Å². The van der Waals surface area contributed by atoms with Gasteiger partial charge in [0.2, 0.25) is 0 Å². The summed E-state index contributed by atoms with van der Waals surface area (Å²) in [5, 5.41) is 19.6. The van der Waals surface area contributed by atoms with E-state index in [1.165, 1.54) is 0 Å². The predicted molar refractivity (Wildman–Crippen MR) is 78.3 cm³/mol. The van der Waals surface area contributed by atoms with Gasteiger partial charge in [0.15, 0.2) is 0 Å². The highest BCUT2D eigenvalue weighted by atomic mass is 35.5. The number of aromatic hydroxyl groups is 2. The summed E-state index contributed by atoms with van der Waals surface area (Å²) in [6.45, 7) is 3.75. The molecule has 100 valence electrons. The average Bonchev–Trinajstić information content (AvgIpc) is 2.40. The molecule has 3 heteroatoms. The molecule has 0 aliphatic rings. The minimum atomic E-state index is -0.0409. The standard InChI is InChI=1S/C16H17ClO2/c1-10-12(5-3-7-15(10)18)14(9-17)13-6-4-8-16(19)11(13)2/h3-8,14,18-19H,9H2,1-2H3. The van der Waals surface area contributed by atoms with Crippen molar-refractivity contribution in [2.45, 2.75) is 19.8 Å². The van der Waals surface area contributed by atoms with E-state index >= 15 is 0 Å². The third kappa shape index (κ3) is 2.54. The van der Waals surface area contributed by atoms with E-state index in [4.69, 9.17) is 11.6 Å². The van der Waals surface area contributed by atoms with Gasteiger partial charge in [0.1, 0.15) is 11.5 Å². The Morgan fingerprint density at radius 1 is 0.895 bits per heavy atom. The Morgan fingerprint density at radius 2 is 1.32 bits per heavy atom. The van der Waals surface area contributed by atoms with Gasteiger partial charge in [-0.2, -0.15) is 0 Å². The summed E-state index contributed by atoms with van der Waals surface area (Å²) in [7, 11) is 0. The molecular weight excluding hydrogens is 260 g/mol. The zero-order chi connectivity index (χ0) is 14.0. The van der Waals surface area contributed by atoms with Crippen LogP contribution in [0.15, 0.2) is 36.4 Å². The van der Waals surface area contributed by atoms with Crippen molar-refractivity contribution in [1.29, 1.82) is 0 Å². The van der Waals surface area contributed by atoms with E-state index in [9.17, 15) is 10.2 Å². The van der Waals surface area contributed by atoms with Crippen molar-refractivity contribution in [3.63, 3.8) is 0 Å². The second kappa shape index (κ2) is 5.54. The van der Waals surface area contributed by atoms with Crippen LogP contribution in [-0.2, 0) is 0 Å². The van der Waals surface area contributed by atoms with E-state index in [0.29, 0.717) is 5.88 Å². The van der Waals surface area contributed by atoms with Gasteiger partial charge in [-0.05, 0) is 48.2 Å². The van der Waals surface area contributed by atoms with Crippen molar-refractivity contribution in [3.05, 3.63) is 58.7 Å². The summed E-state index contributed by atoms with van der Waals surface area (Å²) in [6, 6.07) is 10.9. The molecule has 0 aromatic heterocycles. The summed E-state index contributed by atoms with van der Waals surface area (Å²) in [6.07, 6.45) is 0. The summed E-state index contributed by atoms with van der Waals surface area (Å²) in [5.41, 5.74) is 3.64. The Kier molecular flexibility index (Phi) is 4.01. The molecule has 19 heavy (non-hydrogen) atoms. The molecule has 0 saturated heterocycles. The molecule has 0 aliphatic heterocycles. The molecule has 0 spiro atoms. The van der Waals surface area contributed by atoms with Gasteiger partial charge >= 0.3 is 0 Å². The largest absolute Gasteiger partial charge is 0.508 e. The van der Waals surface area contributed by atoms with Crippen LogP contribution in [0.25, 0.3) is 0 Å². The molecule has 2 aromatic carbocycles. The van der Waals surface area contributed by atoms with Crippen LogP contribution in [0.2, 0.25) is 0 Å². The van der Waals surface area contributed by atoms with Crippen LogP contribution in [0, 0.1) is 13.8 Å². The SMILES string of the molecule is Cc1c(O)cccc1C(CCl)c1cccc(O)c1C. The molecule has 2 aromatic rings. The molecule has 0 saturated carbocycles. The molecule has 2 rings (SSSR count). The van der Waals surface area contributed by atoms with Crippen molar-refractivity contribution in [2.75, 3.05) is 5.88 Å². The lowest BCUT2D eigenvalue weighted by molar-refractivity contribution is 0.468. The van der Waals surface area contributed by atoms with Crippen molar-refractivity contribution >= 4 is 11.6 Å². The molecule has 2 nitrogen and oxygen atoms in total. The first-order valence-corrected chi connectivity index (χ1v) is 6.72. The van der Waals surface area contributed by atoms with E-state index < -0.39 is 0 Å². The molecule has 0 aliphatic carbocycles. The van der Waals surface area contributed by atoms with E-state index in [1.54, 1.807) is 12.1 Å². The topological polar surface area (TPSA) is 40.5 Å². The maximum atomic E-state index is 9.82. The molecular formula is C16H17ClO2.